The largest absolute Gasteiger partial charge is 0.394 e. The SMILES string of the molecule is OCC1CCCc2nc(C3CCC3)cn21. The summed E-state index contributed by atoms with van der Waals surface area (Å²) < 4.78 is 2.22. The van der Waals surface area contributed by atoms with Crippen molar-refractivity contribution in [1.82, 2.24) is 9.55 Å². The van der Waals surface area contributed by atoms with Gasteiger partial charge in [0.1, 0.15) is 5.82 Å². The Kier molecular flexibility index (Phi) is 2.28. The third-order valence-corrected chi connectivity index (χ3v) is 3.89. The zero-order chi connectivity index (χ0) is 10.3. The summed E-state index contributed by atoms with van der Waals surface area (Å²) in [5.74, 6) is 1.91. The van der Waals surface area contributed by atoms with Crippen molar-refractivity contribution in [3.63, 3.8) is 0 Å². The molecule has 1 aromatic heterocycles. The van der Waals surface area contributed by atoms with E-state index in [1.54, 1.807) is 0 Å². The third-order valence-electron chi connectivity index (χ3n) is 3.89. The topological polar surface area (TPSA) is 38.1 Å². The Morgan fingerprint density at radius 2 is 2.20 bits per heavy atom. The van der Waals surface area contributed by atoms with Gasteiger partial charge in [-0.1, -0.05) is 6.42 Å². The number of aromatic nitrogens is 2. The van der Waals surface area contributed by atoms with E-state index in [9.17, 15) is 5.11 Å². The van der Waals surface area contributed by atoms with E-state index in [1.807, 2.05) is 0 Å². The average molecular weight is 206 g/mol. The molecule has 0 bridgehead atoms. The maximum Gasteiger partial charge on any atom is 0.109 e. The highest BCUT2D eigenvalue weighted by molar-refractivity contribution is 5.14. The standard InChI is InChI=1S/C12H18N2O/c15-8-10-5-2-6-12-13-11(7-14(10)12)9-3-1-4-9/h7,9-10,15H,1-6,8H2. The molecule has 3 nitrogen and oxygen atoms in total. The van der Waals surface area contributed by atoms with Crippen molar-refractivity contribution in [2.24, 2.45) is 0 Å². The van der Waals surface area contributed by atoms with Crippen molar-refractivity contribution in [2.45, 2.75) is 50.5 Å². The Balaban J connectivity index is 1.90. The number of imidazole rings is 1. The van der Waals surface area contributed by atoms with Crippen LogP contribution in [-0.2, 0) is 6.42 Å². The van der Waals surface area contributed by atoms with Gasteiger partial charge >= 0.3 is 0 Å². The molecule has 2 heterocycles. The van der Waals surface area contributed by atoms with Crippen LogP contribution in [0.4, 0.5) is 0 Å². The Hall–Kier alpha value is -0.830. The molecule has 82 valence electrons. The number of aliphatic hydroxyl groups is 1. The number of hydrogen-bond acceptors (Lipinski definition) is 2. The first kappa shape index (κ1) is 9.40. The molecule has 2 aliphatic rings. The smallest absolute Gasteiger partial charge is 0.109 e. The second-order valence-corrected chi connectivity index (χ2v) is 4.85. The molecule has 3 rings (SSSR count). The highest BCUT2D eigenvalue weighted by atomic mass is 16.3. The van der Waals surface area contributed by atoms with E-state index in [0.717, 1.165) is 12.8 Å². The third kappa shape index (κ3) is 1.49. The molecule has 1 atom stereocenters. The van der Waals surface area contributed by atoms with Crippen LogP contribution in [0.2, 0.25) is 0 Å². The van der Waals surface area contributed by atoms with Crippen LogP contribution in [0.1, 0.15) is 55.6 Å². The van der Waals surface area contributed by atoms with Gasteiger partial charge in [-0.3, -0.25) is 0 Å². The molecule has 1 unspecified atom stereocenters. The summed E-state index contributed by atoms with van der Waals surface area (Å²) in [4.78, 5) is 4.72. The number of hydrogen-bond donors (Lipinski definition) is 1. The Morgan fingerprint density at radius 3 is 2.87 bits per heavy atom. The van der Waals surface area contributed by atoms with Crippen molar-refractivity contribution in [3.8, 4) is 0 Å². The first-order valence-corrected chi connectivity index (χ1v) is 6.07. The van der Waals surface area contributed by atoms with E-state index >= 15 is 0 Å². The van der Waals surface area contributed by atoms with Gasteiger partial charge in [-0.05, 0) is 25.7 Å². The van der Waals surface area contributed by atoms with Crippen molar-refractivity contribution < 1.29 is 5.11 Å². The lowest BCUT2D eigenvalue weighted by Crippen LogP contribution is -2.20. The van der Waals surface area contributed by atoms with Crippen LogP contribution >= 0.6 is 0 Å². The molecule has 1 saturated carbocycles. The lowest BCUT2D eigenvalue weighted by Gasteiger charge is -2.23. The second-order valence-electron chi connectivity index (χ2n) is 4.85. The Morgan fingerprint density at radius 1 is 1.33 bits per heavy atom. The summed E-state index contributed by atoms with van der Waals surface area (Å²) in [7, 11) is 0. The number of fused-ring (bicyclic) bond motifs is 1. The molecule has 3 heteroatoms. The lowest BCUT2D eigenvalue weighted by molar-refractivity contribution is 0.206. The van der Waals surface area contributed by atoms with Gasteiger partial charge in [-0.2, -0.15) is 0 Å². The Bertz CT molecular complexity index is 355. The van der Waals surface area contributed by atoms with Crippen LogP contribution in [0.5, 0.6) is 0 Å². The van der Waals surface area contributed by atoms with Crippen LogP contribution < -0.4 is 0 Å². The minimum atomic E-state index is 0.257. The molecule has 0 saturated heterocycles. The van der Waals surface area contributed by atoms with E-state index in [4.69, 9.17) is 4.98 Å². The minimum absolute atomic E-state index is 0.257. The first-order valence-electron chi connectivity index (χ1n) is 6.07. The van der Waals surface area contributed by atoms with Crippen molar-refractivity contribution >= 4 is 0 Å². The maximum atomic E-state index is 9.31. The van der Waals surface area contributed by atoms with E-state index in [0.29, 0.717) is 5.92 Å². The molecule has 0 aromatic carbocycles. The predicted octanol–water partition coefficient (Wildman–Crippen LogP) is 2.02. The molecule has 0 spiro atoms. The van der Waals surface area contributed by atoms with Gasteiger partial charge in [0.2, 0.25) is 0 Å². The van der Waals surface area contributed by atoms with Crippen LogP contribution in [0.25, 0.3) is 0 Å². The van der Waals surface area contributed by atoms with Crippen LogP contribution in [0.3, 0.4) is 0 Å². The van der Waals surface area contributed by atoms with Gasteiger partial charge in [-0.25, -0.2) is 4.98 Å². The van der Waals surface area contributed by atoms with Crippen molar-refractivity contribution in [2.75, 3.05) is 6.61 Å². The van der Waals surface area contributed by atoms with Gasteiger partial charge in [0.25, 0.3) is 0 Å². The number of rotatable bonds is 2. The highest BCUT2D eigenvalue weighted by Crippen LogP contribution is 2.37. The number of aryl methyl sites for hydroxylation is 1. The van der Waals surface area contributed by atoms with E-state index in [2.05, 4.69) is 10.8 Å². The first-order chi connectivity index (χ1) is 7.38. The van der Waals surface area contributed by atoms with Crippen molar-refractivity contribution in [1.29, 1.82) is 0 Å². The molecule has 0 amide bonds. The summed E-state index contributed by atoms with van der Waals surface area (Å²) >= 11 is 0. The van der Waals surface area contributed by atoms with Gasteiger partial charge in [0, 0.05) is 18.5 Å². The number of nitrogens with zero attached hydrogens (tertiary/aromatic N) is 2. The van der Waals surface area contributed by atoms with Crippen LogP contribution in [-0.4, -0.2) is 21.3 Å². The second kappa shape index (κ2) is 3.63. The summed E-state index contributed by atoms with van der Waals surface area (Å²) in [5.41, 5.74) is 1.27. The van der Waals surface area contributed by atoms with E-state index in [-0.39, 0.29) is 12.6 Å². The fourth-order valence-corrected chi connectivity index (χ4v) is 2.67. The maximum absolute atomic E-state index is 9.31. The summed E-state index contributed by atoms with van der Waals surface area (Å²) in [6.07, 6.45) is 9.52. The van der Waals surface area contributed by atoms with Crippen molar-refractivity contribution in [3.05, 3.63) is 17.7 Å². The summed E-state index contributed by atoms with van der Waals surface area (Å²) in [6, 6.07) is 0.287. The number of aliphatic hydroxyl groups excluding tert-OH is 1. The zero-order valence-corrected chi connectivity index (χ0v) is 9.02. The van der Waals surface area contributed by atoms with Crippen LogP contribution in [0.15, 0.2) is 6.20 Å². The Labute approximate surface area is 90.1 Å². The molecule has 1 aliphatic carbocycles. The highest BCUT2D eigenvalue weighted by Gasteiger charge is 2.26. The molecule has 1 fully saturated rings. The molecule has 1 aliphatic heterocycles. The quantitative estimate of drug-likeness (QED) is 0.804. The normalized spacial score (nSPS) is 26.1. The van der Waals surface area contributed by atoms with Gasteiger partial charge in [0.05, 0.1) is 18.3 Å². The molecular formula is C12H18N2O. The minimum Gasteiger partial charge on any atom is -0.394 e. The molecular weight excluding hydrogens is 188 g/mol. The molecule has 0 radical (unpaired) electrons. The van der Waals surface area contributed by atoms with E-state index in [1.165, 1.54) is 37.2 Å². The lowest BCUT2D eigenvalue weighted by atomic mass is 9.83. The van der Waals surface area contributed by atoms with Crippen LogP contribution in [0, 0.1) is 0 Å². The van der Waals surface area contributed by atoms with E-state index < -0.39 is 0 Å². The molecule has 1 N–H and O–H groups in total. The molecule has 1 aromatic rings. The average Bonchev–Trinajstić information content (AvgIpc) is 2.57. The van der Waals surface area contributed by atoms with Gasteiger partial charge in [0.15, 0.2) is 0 Å². The summed E-state index contributed by atoms with van der Waals surface area (Å²) in [6.45, 7) is 0.257. The van der Waals surface area contributed by atoms with Gasteiger partial charge < -0.3 is 9.67 Å². The zero-order valence-electron chi connectivity index (χ0n) is 9.02. The summed E-state index contributed by atoms with van der Waals surface area (Å²) in [5, 5.41) is 9.31. The fourth-order valence-electron chi connectivity index (χ4n) is 2.67. The monoisotopic (exact) mass is 206 g/mol. The fraction of sp³-hybridized carbons (Fsp3) is 0.750. The molecule has 15 heavy (non-hydrogen) atoms. The predicted molar refractivity (Wildman–Crippen MR) is 57.9 cm³/mol. The van der Waals surface area contributed by atoms with Gasteiger partial charge in [-0.15, -0.1) is 0 Å².